The Labute approximate surface area is 192 Å². The van der Waals surface area contributed by atoms with Crippen molar-refractivity contribution in [2.45, 2.75) is 32.6 Å². The molecule has 3 aromatic rings. The summed E-state index contributed by atoms with van der Waals surface area (Å²) in [4.78, 5) is 14.8. The maximum absolute atomic E-state index is 6.20. The Hall–Kier alpha value is -2.61. The van der Waals surface area contributed by atoms with E-state index in [2.05, 4.69) is 38.9 Å². The lowest BCUT2D eigenvalue weighted by Gasteiger charge is -2.13. The molecule has 4 rings (SSSR count). The first-order valence-electron chi connectivity index (χ1n) is 10.4. The quantitative estimate of drug-likeness (QED) is 0.346. The van der Waals surface area contributed by atoms with Gasteiger partial charge in [0.15, 0.2) is 0 Å². The van der Waals surface area contributed by atoms with E-state index in [0.29, 0.717) is 17.4 Å². The fourth-order valence-corrected chi connectivity index (χ4v) is 4.11. The van der Waals surface area contributed by atoms with Crippen molar-refractivity contribution in [1.82, 2.24) is 20.3 Å². The van der Waals surface area contributed by atoms with E-state index in [1.165, 1.54) is 5.56 Å². The van der Waals surface area contributed by atoms with E-state index < -0.39 is 0 Å². The molecule has 0 aliphatic carbocycles. The van der Waals surface area contributed by atoms with Crippen LogP contribution in [0, 0.1) is 0 Å². The summed E-state index contributed by atoms with van der Waals surface area (Å²) in [5.74, 6) is 0.538. The van der Waals surface area contributed by atoms with Gasteiger partial charge in [-0.3, -0.25) is 4.98 Å². The van der Waals surface area contributed by atoms with Crippen molar-refractivity contribution >= 4 is 46.1 Å². The Balaban J connectivity index is 1.68. The van der Waals surface area contributed by atoms with Gasteiger partial charge in [-0.1, -0.05) is 30.7 Å². The predicted octanol–water partition coefficient (Wildman–Crippen LogP) is 4.95. The number of fused-ring (bicyclic) bond motifs is 3. The fourth-order valence-electron chi connectivity index (χ4n) is 3.68. The maximum Gasteiger partial charge on any atom is 0.227 e. The first-order valence-corrected chi connectivity index (χ1v) is 11.2. The molecule has 160 valence electrons. The number of anilines is 3. The monoisotopic (exact) mass is 452 g/mol. The number of hydrogen-bond donors (Lipinski definition) is 3. The minimum atomic E-state index is 0.538. The molecule has 3 heterocycles. The molecule has 0 saturated heterocycles. The van der Waals surface area contributed by atoms with Crippen LogP contribution in [0.3, 0.4) is 0 Å². The second kappa shape index (κ2) is 9.68. The van der Waals surface area contributed by atoms with Crippen molar-refractivity contribution in [2.75, 3.05) is 24.2 Å². The number of halogens is 1. The molecule has 3 N–H and O–H groups in total. The van der Waals surface area contributed by atoms with Gasteiger partial charge in [0.2, 0.25) is 5.95 Å². The number of hydrogen-bond acceptors (Lipinski definition) is 6. The lowest BCUT2D eigenvalue weighted by molar-refractivity contribution is 0.723. The van der Waals surface area contributed by atoms with E-state index in [-0.39, 0.29) is 0 Å². The number of aromatic nitrogens is 3. The minimum absolute atomic E-state index is 0.538. The van der Waals surface area contributed by atoms with Crippen LogP contribution in [0.15, 0.2) is 36.7 Å². The summed E-state index contributed by atoms with van der Waals surface area (Å²) in [5, 5.41) is 10.5. The SMILES string of the molecule is CCc1ncc(CCCNC)cc1Nc1ncc2c(n1)-c1ccc(Cl)cc1NC(=S)C2. The summed E-state index contributed by atoms with van der Waals surface area (Å²) in [6.45, 7) is 3.07. The van der Waals surface area contributed by atoms with Gasteiger partial charge in [0.05, 0.1) is 22.1 Å². The highest BCUT2D eigenvalue weighted by molar-refractivity contribution is 7.80. The molecule has 0 bridgehead atoms. The standard InChI is InChI=1S/C23H25ClN6S/c1-3-18-20(9-14(12-26-18)5-4-8-25-2)29-23-27-13-15-10-21(31)28-19-11-16(24)6-7-17(19)22(15)30-23/h6-7,9,11-13,25H,3-5,8,10H2,1-2H3,(H,28,31)(H,27,29,30). The summed E-state index contributed by atoms with van der Waals surface area (Å²) in [6, 6.07) is 7.86. The number of pyridine rings is 1. The van der Waals surface area contributed by atoms with Crippen LogP contribution in [0.2, 0.25) is 5.02 Å². The Morgan fingerprint density at radius 1 is 1.19 bits per heavy atom. The molecular formula is C23H25ClN6S. The summed E-state index contributed by atoms with van der Waals surface area (Å²) >= 11 is 11.7. The van der Waals surface area contributed by atoms with Crippen LogP contribution in [0.4, 0.5) is 17.3 Å². The smallest absolute Gasteiger partial charge is 0.227 e. The normalized spacial score (nSPS) is 12.5. The zero-order valence-corrected chi connectivity index (χ0v) is 19.2. The average molecular weight is 453 g/mol. The summed E-state index contributed by atoms with van der Waals surface area (Å²) in [7, 11) is 1.97. The second-order valence-electron chi connectivity index (χ2n) is 7.51. The molecule has 8 heteroatoms. The third-order valence-corrected chi connectivity index (χ3v) is 5.71. The van der Waals surface area contributed by atoms with Crippen molar-refractivity contribution in [3.8, 4) is 11.3 Å². The molecule has 31 heavy (non-hydrogen) atoms. The zero-order valence-electron chi connectivity index (χ0n) is 17.6. The minimum Gasteiger partial charge on any atom is -0.349 e. The van der Waals surface area contributed by atoms with E-state index in [9.17, 15) is 0 Å². The molecule has 0 atom stereocenters. The number of benzene rings is 1. The lowest BCUT2D eigenvalue weighted by Crippen LogP contribution is -2.10. The molecule has 0 amide bonds. The third-order valence-electron chi connectivity index (χ3n) is 5.23. The molecule has 0 radical (unpaired) electrons. The van der Waals surface area contributed by atoms with Crippen molar-refractivity contribution in [2.24, 2.45) is 0 Å². The fraction of sp³-hybridized carbons (Fsp3) is 0.304. The Morgan fingerprint density at radius 3 is 2.87 bits per heavy atom. The summed E-state index contributed by atoms with van der Waals surface area (Å²) in [6.07, 6.45) is 7.24. The van der Waals surface area contributed by atoms with Crippen molar-refractivity contribution in [3.05, 3.63) is 58.5 Å². The van der Waals surface area contributed by atoms with Gasteiger partial charge in [0.25, 0.3) is 0 Å². The summed E-state index contributed by atoms with van der Waals surface area (Å²) in [5.41, 5.74) is 6.79. The van der Waals surface area contributed by atoms with Gasteiger partial charge >= 0.3 is 0 Å². The first kappa shape index (κ1) is 21.6. The van der Waals surface area contributed by atoms with Crippen molar-refractivity contribution < 1.29 is 0 Å². The van der Waals surface area contributed by atoms with E-state index in [1.807, 2.05) is 37.6 Å². The Bertz CT molecular complexity index is 1120. The van der Waals surface area contributed by atoms with Gasteiger partial charge in [-0.15, -0.1) is 0 Å². The topological polar surface area (TPSA) is 74.8 Å². The summed E-state index contributed by atoms with van der Waals surface area (Å²) < 4.78 is 0. The molecule has 2 aromatic heterocycles. The van der Waals surface area contributed by atoms with Crippen molar-refractivity contribution in [1.29, 1.82) is 0 Å². The number of aryl methyl sites for hydroxylation is 2. The van der Waals surface area contributed by atoms with Crippen molar-refractivity contribution in [3.63, 3.8) is 0 Å². The van der Waals surface area contributed by atoms with Crippen LogP contribution < -0.4 is 16.0 Å². The van der Waals surface area contributed by atoms with Gasteiger partial charge in [-0.05, 0) is 62.7 Å². The van der Waals surface area contributed by atoms with Crippen LogP contribution in [0.5, 0.6) is 0 Å². The largest absolute Gasteiger partial charge is 0.349 e. The molecular weight excluding hydrogens is 428 g/mol. The van der Waals surface area contributed by atoms with Gasteiger partial charge < -0.3 is 16.0 Å². The molecule has 6 nitrogen and oxygen atoms in total. The molecule has 0 saturated carbocycles. The number of nitrogens with one attached hydrogen (secondary N) is 3. The highest BCUT2D eigenvalue weighted by atomic mass is 35.5. The van der Waals surface area contributed by atoms with Crippen LogP contribution in [0.25, 0.3) is 11.3 Å². The zero-order chi connectivity index (χ0) is 21.8. The Kier molecular flexibility index (Phi) is 6.75. The van der Waals surface area contributed by atoms with Gasteiger partial charge in [0, 0.05) is 40.7 Å². The average Bonchev–Trinajstić information content (AvgIpc) is 2.89. The Morgan fingerprint density at radius 2 is 2.06 bits per heavy atom. The molecule has 0 unspecified atom stereocenters. The van der Waals surface area contributed by atoms with Crippen LogP contribution in [-0.4, -0.2) is 33.5 Å². The highest BCUT2D eigenvalue weighted by Gasteiger charge is 2.20. The molecule has 1 aliphatic heterocycles. The number of rotatable bonds is 7. The first-order chi connectivity index (χ1) is 15.1. The highest BCUT2D eigenvalue weighted by Crippen LogP contribution is 2.35. The van der Waals surface area contributed by atoms with Crippen LogP contribution >= 0.6 is 23.8 Å². The van der Waals surface area contributed by atoms with Gasteiger partial charge in [-0.25, -0.2) is 9.97 Å². The van der Waals surface area contributed by atoms with E-state index >= 15 is 0 Å². The third kappa shape index (κ3) is 5.01. The molecule has 1 aliphatic rings. The van der Waals surface area contributed by atoms with Gasteiger partial charge in [0.1, 0.15) is 0 Å². The number of thiocarbonyl (C=S) groups is 1. The number of nitrogens with zero attached hydrogens (tertiary/aromatic N) is 3. The van der Waals surface area contributed by atoms with Gasteiger partial charge in [-0.2, -0.15) is 0 Å². The van der Waals surface area contributed by atoms with E-state index in [1.54, 1.807) is 0 Å². The van der Waals surface area contributed by atoms with Crippen LogP contribution in [-0.2, 0) is 19.3 Å². The van der Waals surface area contributed by atoms with E-state index in [4.69, 9.17) is 28.8 Å². The lowest BCUT2D eigenvalue weighted by atomic mass is 10.1. The molecule has 1 aromatic carbocycles. The van der Waals surface area contributed by atoms with Crippen LogP contribution in [0.1, 0.15) is 30.2 Å². The van der Waals surface area contributed by atoms with E-state index in [0.717, 1.165) is 64.7 Å². The predicted molar refractivity (Wildman–Crippen MR) is 132 cm³/mol. The molecule has 0 spiro atoms. The maximum atomic E-state index is 6.20. The second-order valence-corrected chi connectivity index (χ2v) is 8.44. The molecule has 0 fully saturated rings.